The molecule has 27 heavy (non-hydrogen) atoms. The summed E-state index contributed by atoms with van der Waals surface area (Å²) >= 11 is -1.01. The molecule has 2 unspecified atom stereocenters. The minimum atomic E-state index is -1.01. The monoisotopic (exact) mass is 401 g/mol. The van der Waals surface area contributed by atoms with Gasteiger partial charge in [0.25, 0.3) is 0 Å². The lowest BCUT2D eigenvalue weighted by Gasteiger charge is -2.38. The number of benzene rings is 1. The Labute approximate surface area is 163 Å². The molecule has 0 spiro atoms. The normalized spacial score (nSPS) is 22.7. The predicted octanol–water partition coefficient (Wildman–Crippen LogP) is 1.84. The Hall–Kier alpha value is -1.09. The molecule has 0 bridgehead atoms. The number of nitrogens with one attached hydrogen (secondary N) is 1. The van der Waals surface area contributed by atoms with Gasteiger partial charge in [-0.15, -0.1) is 0 Å². The van der Waals surface area contributed by atoms with E-state index in [0.29, 0.717) is 30.4 Å². The Bertz CT molecular complexity index is 607. The third-order valence-corrected chi connectivity index (χ3v) is 6.00. The Morgan fingerprint density at radius 2 is 2.00 bits per heavy atom. The highest BCUT2D eigenvalue weighted by atomic mass is 32.2. The topological polar surface area (TPSA) is 50.8 Å². The van der Waals surface area contributed by atoms with Gasteiger partial charge in [-0.1, -0.05) is 11.2 Å². The van der Waals surface area contributed by atoms with Crippen LogP contribution in [0.2, 0.25) is 0 Å². The first-order valence-electron chi connectivity index (χ1n) is 9.63. The van der Waals surface area contributed by atoms with Crippen LogP contribution < -0.4 is 15.0 Å². The van der Waals surface area contributed by atoms with Crippen LogP contribution in [0.25, 0.3) is 0 Å². The number of hydrogen-bond donors (Lipinski definition) is 1. The van der Waals surface area contributed by atoms with Crippen molar-refractivity contribution in [3.05, 3.63) is 23.8 Å². The lowest BCUT2D eigenvalue weighted by atomic mass is 9.99. The van der Waals surface area contributed by atoms with E-state index in [0.717, 1.165) is 38.8 Å². The summed E-state index contributed by atoms with van der Waals surface area (Å²) < 4.78 is 44.8. The van der Waals surface area contributed by atoms with E-state index in [1.807, 2.05) is 4.90 Å². The van der Waals surface area contributed by atoms with Gasteiger partial charge in [-0.25, -0.2) is 8.78 Å². The average molecular weight is 402 g/mol. The molecule has 1 aromatic carbocycles. The second kappa shape index (κ2) is 9.91. The molecule has 5 nitrogen and oxygen atoms in total. The second-order valence-corrected chi connectivity index (χ2v) is 8.91. The van der Waals surface area contributed by atoms with Crippen molar-refractivity contribution in [1.29, 1.82) is 0 Å². The molecule has 0 radical (unpaired) electrons. The Morgan fingerprint density at radius 3 is 2.67 bits per heavy atom. The average Bonchev–Trinajstić information content (AvgIpc) is 2.65. The van der Waals surface area contributed by atoms with E-state index in [1.54, 1.807) is 6.26 Å². The molecule has 2 saturated heterocycles. The summed E-state index contributed by atoms with van der Waals surface area (Å²) in [6.45, 7) is 6.59. The van der Waals surface area contributed by atoms with E-state index < -0.39 is 22.8 Å². The first kappa shape index (κ1) is 20.6. The summed E-state index contributed by atoms with van der Waals surface area (Å²) in [5.41, 5.74) is 0.378. The van der Waals surface area contributed by atoms with Crippen LogP contribution in [0.4, 0.5) is 14.5 Å². The van der Waals surface area contributed by atoms with Gasteiger partial charge in [0.05, 0.1) is 11.9 Å². The van der Waals surface area contributed by atoms with Crippen LogP contribution in [0.3, 0.4) is 0 Å². The van der Waals surface area contributed by atoms with Gasteiger partial charge in [0, 0.05) is 44.9 Å². The fraction of sp³-hybridized carbons (Fsp3) is 0.684. The molecule has 8 heteroatoms. The fourth-order valence-corrected chi connectivity index (χ4v) is 4.07. The van der Waals surface area contributed by atoms with Crippen LogP contribution in [0.1, 0.15) is 12.8 Å². The SMILES string of the molecule is C[S+]([O-])CCOc1cc(N2CCN(CC3CCCNC3)CC2)c(F)cc1F. The molecule has 152 valence electrons. The molecule has 0 saturated carbocycles. The highest BCUT2D eigenvalue weighted by molar-refractivity contribution is 7.90. The lowest BCUT2D eigenvalue weighted by molar-refractivity contribution is 0.198. The van der Waals surface area contributed by atoms with Crippen LogP contribution in [0.15, 0.2) is 12.1 Å². The van der Waals surface area contributed by atoms with Gasteiger partial charge in [0.1, 0.15) is 18.2 Å². The fourth-order valence-electron chi connectivity index (χ4n) is 3.76. The number of nitrogens with zero attached hydrogens (tertiary/aromatic N) is 2. The van der Waals surface area contributed by atoms with Crippen LogP contribution >= 0.6 is 0 Å². The molecule has 3 rings (SSSR count). The van der Waals surface area contributed by atoms with E-state index in [2.05, 4.69) is 10.2 Å². The third-order valence-electron chi connectivity index (χ3n) is 5.26. The van der Waals surface area contributed by atoms with Gasteiger partial charge in [0.15, 0.2) is 11.6 Å². The molecule has 0 amide bonds. The van der Waals surface area contributed by atoms with Gasteiger partial charge in [-0.3, -0.25) is 4.90 Å². The molecular weight excluding hydrogens is 372 g/mol. The smallest absolute Gasteiger partial charge is 0.168 e. The van der Waals surface area contributed by atoms with Crippen LogP contribution in [0.5, 0.6) is 5.75 Å². The molecule has 0 aromatic heterocycles. The second-order valence-electron chi connectivity index (χ2n) is 7.36. The first-order valence-corrected chi connectivity index (χ1v) is 11.4. The zero-order valence-electron chi connectivity index (χ0n) is 15.9. The third kappa shape index (κ3) is 5.94. The van der Waals surface area contributed by atoms with Crippen molar-refractivity contribution in [3.8, 4) is 5.75 Å². The summed E-state index contributed by atoms with van der Waals surface area (Å²) in [7, 11) is 0. The van der Waals surface area contributed by atoms with Gasteiger partial charge < -0.3 is 19.5 Å². The van der Waals surface area contributed by atoms with Crippen LogP contribution in [0, 0.1) is 17.6 Å². The number of hydrogen-bond acceptors (Lipinski definition) is 5. The highest BCUT2D eigenvalue weighted by Gasteiger charge is 2.24. The molecule has 2 aliphatic heterocycles. The van der Waals surface area contributed by atoms with Crippen molar-refractivity contribution < 1.29 is 18.1 Å². The van der Waals surface area contributed by atoms with Crippen molar-refractivity contribution in [2.75, 3.05) is 69.3 Å². The maximum Gasteiger partial charge on any atom is 0.168 e. The number of ether oxygens (including phenoxy) is 1. The van der Waals surface area contributed by atoms with E-state index in [-0.39, 0.29) is 12.4 Å². The minimum Gasteiger partial charge on any atom is -0.616 e. The molecule has 1 aromatic rings. The van der Waals surface area contributed by atoms with Crippen molar-refractivity contribution >= 4 is 16.9 Å². The van der Waals surface area contributed by atoms with E-state index in [9.17, 15) is 13.3 Å². The van der Waals surface area contributed by atoms with E-state index in [4.69, 9.17) is 4.74 Å². The van der Waals surface area contributed by atoms with Crippen LogP contribution in [-0.4, -0.2) is 73.9 Å². The minimum absolute atomic E-state index is 0.0209. The zero-order chi connectivity index (χ0) is 19.2. The molecule has 2 atom stereocenters. The van der Waals surface area contributed by atoms with Gasteiger partial charge in [-0.05, 0) is 31.8 Å². The van der Waals surface area contributed by atoms with E-state index >= 15 is 0 Å². The quantitative estimate of drug-likeness (QED) is 0.707. The maximum absolute atomic E-state index is 14.3. The molecule has 2 fully saturated rings. The van der Waals surface area contributed by atoms with Gasteiger partial charge >= 0.3 is 0 Å². The summed E-state index contributed by atoms with van der Waals surface area (Å²) in [4.78, 5) is 4.39. The molecular formula is C19H29F2N3O2S. The number of rotatable bonds is 7. The van der Waals surface area contributed by atoms with Crippen molar-refractivity contribution in [2.45, 2.75) is 12.8 Å². The zero-order valence-corrected chi connectivity index (χ0v) is 16.7. The number of piperazine rings is 1. The molecule has 2 aliphatic rings. The molecule has 1 N–H and O–H groups in total. The predicted molar refractivity (Wildman–Crippen MR) is 105 cm³/mol. The van der Waals surface area contributed by atoms with Gasteiger partial charge in [0.2, 0.25) is 0 Å². The van der Waals surface area contributed by atoms with Crippen molar-refractivity contribution in [3.63, 3.8) is 0 Å². The summed E-state index contributed by atoms with van der Waals surface area (Å²) in [6.07, 6.45) is 4.07. The van der Waals surface area contributed by atoms with Crippen LogP contribution in [-0.2, 0) is 11.2 Å². The first-order chi connectivity index (χ1) is 13.0. The Kier molecular flexibility index (Phi) is 7.57. The maximum atomic E-state index is 14.3. The lowest BCUT2D eigenvalue weighted by Crippen LogP contribution is -2.49. The van der Waals surface area contributed by atoms with E-state index in [1.165, 1.54) is 18.9 Å². The Morgan fingerprint density at radius 1 is 1.22 bits per heavy atom. The van der Waals surface area contributed by atoms with Crippen molar-refractivity contribution in [1.82, 2.24) is 10.2 Å². The number of anilines is 1. The Balaban J connectivity index is 1.56. The summed E-state index contributed by atoms with van der Waals surface area (Å²) in [6, 6.07) is 2.32. The molecule has 2 heterocycles. The summed E-state index contributed by atoms with van der Waals surface area (Å²) in [5.74, 6) is -0.254. The van der Waals surface area contributed by atoms with Crippen molar-refractivity contribution in [2.24, 2.45) is 5.92 Å². The summed E-state index contributed by atoms with van der Waals surface area (Å²) in [5, 5.41) is 3.45. The number of halogens is 2. The number of piperidine rings is 1. The van der Waals surface area contributed by atoms with Gasteiger partial charge in [-0.2, -0.15) is 0 Å². The highest BCUT2D eigenvalue weighted by Crippen LogP contribution is 2.29. The standard InChI is InChI=1S/C19H29F2N3O2S/c1-27(25)10-9-26-19-12-18(16(20)11-17(19)21)24-7-5-23(6-8-24)14-15-3-2-4-22-13-15/h11-12,15,22H,2-10,13-14H2,1H3. The largest absolute Gasteiger partial charge is 0.616 e. The molecule has 0 aliphatic carbocycles.